The maximum absolute atomic E-state index is 5.51. The summed E-state index contributed by atoms with van der Waals surface area (Å²) in [4.78, 5) is 13.4. The average Bonchev–Trinajstić information content (AvgIpc) is 3.25. The van der Waals surface area contributed by atoms with E-state index in [0.29, 0.717) is 6.61 Å². The molecule has 2 heterocycles. The fraction of sp³-hybridized carbons (Fsp3) is 0.455. The number of anilines is 1. The van der Waals surface area contributed by atoms with Gasteiger partial charge in [0.2, 0.25) is 0 Å². The third kappa shape index (κ3) is 5.38. The van der Waals surface area contributed by atoms with Gasteiger partial charge in [-0.15, -0.1) is 0 Å². The number of pyridine rings is 1. The Morgan fingerprint density at radius 1 is 1.18 bits per heavy atom. The van der Waals surface area contributed by atoms with Crippen molar-refractivity contribution < 1.29 is 4.74 Å². The van der Waals surface area contributed by atoms with Gasteiger partial charge in [0.05, 0.1) is 6.61 Å². The number of rotatable bonds is 7. The molecule has 1 aromatic heterocycles. The van der Waals surface area contributed by atoms with E-state index in [2.05, 4.69) is 49.4 Å². The van der Waals surface area contributed by atoms with E-state index in [1.54, 1.807) is 0 Å². The van der Waals surface area contributed by atoms with Crippen LogP contribution in [0.4, 0.5) is 5.82 Å². The molecule has 28 heavy (non-hydrogen) atoms. The molecule has 0 unspecified atom stereocenters. The average molecular weight is 382 g/mol. The van der Waals surface area contributed by atoms with Crippen LogP contribution in [0.1, 0.15) is 30.9 Å². The van der Waals surface area contributed by atoms with E-state index in [1.165, 1.54) is 24.0 Å². The molecule has 0 radical (unpaired) electrons. The van der Waals surface area contributed by atoms with E-state index in [1.807, 2.05) is 39.3 Å². The second-order valence-electron chi connectivity index (χ2n) is 7.05. The molecule has 0 amide bonds. The molecule has 6 heteroatoms. The Bertz CT molecular complexity index is 769. The summed E-state index contributed by atoms with van der Waals surface area (Å²) in [5, 5.41) is 3.46. The molecular formula is C22H31N5O. The number of nitrogens with one attached hydrogen (secondary N) is 1. The lowest BCUT2D eigenvalue weighted by molar-refractivity contribution is 0.340. The fourth-order valence-electron chi connectivity index (χ4n) is 3.46. The molecule has 6 nitrogen and oxygen atoms in total. The lowest BCUT2D eigenvalue weighted by Gasteiger charge is -2.23. The zero-order chi connectivity index (χ0) is 19.8. The van der Waals surface area contributed by atoms with E-state index in [4.69, 9.17) is 4.74 Å². The highest BCUT2D eigenvalue weighted by Crippen LogP contribution is 2.18. The van der Waals surface area contributed by atoms with Crippen LogP contribution in [0.15, 0.2) is 47.6 Å². The summed E-state index contributed by atoms with van der Waals surface area (Å²) in [6.07, 6.45) is 4.41. The summed E-state index contributed by atoms with van der Waals surface area (Å²) in [5.41, 5.74) is 2.43. The Morgan fingerprint density at radius 3 is 2.61 bits per heavy atom. The number of hydrogen-bond donors (Lipinski definition) is 1. The van der Waals surface area contributed by atoms with Crippen molar-refractivity contribution in [3.05, 3.63) is 53.7 Å². The summed E-state index contributed by atoms with van der Waals surface area (Å²) in [5.74, 6) is 2.85. The lowest BCUT2D eigenvalue weighted by atomic mass is 10.2. The zero-order valence-electron chi connectivity index (χ0n) is 17.2. The first kappa shape index (κ1) is 20.0. The number of ether oxygens (including phenoxy) is 1. The fourth-order valence-corrected chi connectivity index (χ4v) is 3.46. The van der Waals surface area contributed by atoms with E-state index in [-0.39, 0.29) is 0 Å². The van der Waals surface area contributed by atoms with Crippen molar-refractivity contribution in [1.29, 1.82) is 0 Å². The van der Waals surface area contributed by atoms with Gasteiger partial charge in [-0.1, -0.05) is 12.1 Å². The van der Waals surface area contributed by atoms with Gasteiger partial charge >= 0.3 is 0 Å². The van der Waals surface area contributed by atoms with Gasteiger partial charge < -0.3 is 19.9 Å². The first-order valence-electron chi connectivity index (χ1n) is 10.0. The summed E-state index contributed by atoms with van der Waals surface area (Å²) in [7, 11) is 3.87. The zero-order valence-corrected chi connectivity index (χ0v) is 17.2. The molecule has 1 saturated heterocycles. The van der Waals surface area contributed by atoms with Crippen molar-refractivity contribution in [3.63, 3.8) is 0 Å². The molecule has 0 saturated carbocycles. The van der Waals surface area contributed by atoms with E-state index >= 15 is 0 Å². The highest BCUT2D eigenvalue weighted by molar-refractivity contribution is 5.79. The van der Waals surface area contributed by atoms with Crippen LogP contribution in [0, 0.1) is 0 Å². The van der Waals surface area contributed by atoms with Crippen LogP contribution >= 0.6 is 0 Å². The highest BCUT2D eigenvalue weighted by atomic mass is 16.5. The van der Waals surface area contributed by atoms with Crippen LogP contribution in [-0.4, -0.2) is 49.6 Å². The van der Waals surface area contributed by atoms with Gasteiger partial charge in [0.1, 0.15) is 11.6 Å². The molecule has 1 aromatic carbocycles. The molecule has 0 atom stereocenters. The Hall–Kier alpha value is -2.76. The minimum absolute atomic E-state index is 0.685. The number of aliphatic imine (C=N–C) groups is 1. The van der Waals surface area contributed by atoms with Crippen LogP contribution in [0.25, 0.3) is 0 Å². The minimum Gasteiger partial charge on any atom is -0.494 e. The van der Waals surface area contributed by atoms with Gasteiger partial charge in [-0.2, -0.15) is 0 Å². The number of nitrogens with zero attached hydrogens (tertiary/aromatic N) is 4. The first-order valence-corrected chi connectivity index (χ1v) is 10.0. The van der Waals surface area contributed by atoms with Crippen molar-refractivity contribution in [2.45, 2.75) is 32.9 Å². The SMILES string of the molecule is CCOc1ccc(CN(C)C(=NC)NCc2ccnc(N3CCCC3)c2)cc1. The number of guanidine groups is 1. The van der Waals surface area contributed by atoms with Crippen LogP contribution < -0.4 is 15.0 Å². The molecule has 1 fully saturated rings. The van der Waals surface area contributed by atoms with Crippen LogP contribution in [-0.2, 0) is 13.1 Å². The molecule has 1 N–H and O–H groups in total. The van der Waals surface area contributed by atoms with Crippen molar-refractivity contribution in [3.8, 4) is 5.75 Å². The van der Waals surface area contributed by atoms with Gasteiger partial charge in [-0.05, 0) is 55.2 Å². The number of benzene rings is 1. The molecule has 3 rings (SSSR count). The van der Waals surface area contributed by atoms with Gasteiger partial charge in [-0.25, -0.2) is 4.98 Å². The largest absolute Gasteiger partial charge is 0.494 e. The van der Waals surface area contributed by atoms with E-state index < -0.39 is 0 Å². The molecule has 1 aliphatic rings. The third-order valence-electron chi connectivity index (χ3n) is 4.92. The van der Waals surface area contributed by atoms with Gasteiger partial charge in [0, 0.05) is 46.5 Å². The molecule has 150 valence electrons. The van der Waals surface area contributed by atoms with E-state index in [0.717, 1.165) is 43.7 Å². The van der Waals surface area contributed by atoms with Crippen molar-refractivity contribution >= 4 is 11.8 Å². The predicted octanol–water partition coefficient (Wildman–Crippen LogP) is 3.29. The van der Waals surface area contributed by atoms with Gasteiger partial charge in [-0.3, -0.25) is 4.99 Å². The lowest BCUT2D eigenvalue weighted by Crippen LogP contribution is -2.38. The maximum Gasteiger partial charge on any atom is 0.193 e. The monoisotopic (exact) mass is 381 g/mol. The van der Waals surface area contributed by atoms with Crippen molar-refractivity contribution in [1.82, 2.24) is 15.2 Å². The summed E-state index contributed by atoms with van der Waals surface area (Å²) < 4.78 is 5.51. The molecular weight excluding hydrogens is 350 g/mol. The van der Waals surface area contributed by atoms with Crippen molar-refractivity contribution in [2.24, 2.45) is 4.99 Å². The summed E-state index contributed by atoms with van der Waals surface area (Å²) in [6, 6.07) is 12.5. The maximum atomic E-state index is 5.51. The van der Waals surface area contributed by atoms with E-state index in [9.17, 15) is 0 Å². The Kier molecular flexibility index (Phi) is 7.12. The standard InChI is InChI=1S/C22H31N5O/c1-4-28-20-9-7-18(8-10-20)17-26(3)22(23-2)25-16-19-11-12-24-21(15-19)27-13-5-6-14-27/h7-12,15H,4-6,13-14,16-17H2,1-3H3,(H,23,25). The molecule has 2 aromatic rings. The second kappa shape index (κ2) is 9.97. The molecule has 0 bridgehead atoms. The Balaban J connectivity index is 1.55. The number of hydrogen-bond acceptors (Lipinski definition) is 4. The predicted molar refractivity (Wildman–Crippen MR) is 115 cm³/mol. The minimum atomic E-state index is 0.685. The van der Waals surface area contributed by atoms with Gasteiger partial charge in [0.15, 0.2) is 5.96 Å². The third-order valence-corrected chi connectivity index (χ3v) is 4.92. The first-order chi connectivity index (χ1) is 13.7. The molecule has 0 aliphatic carbocycles. The van der Waals surface area contributed by atoms with Crippen LogP contribution in [0.3, 0.4) is 0 Å². The topological polar surface area (TPSA) is 53.0 Å². The Morgan fingerprint density at radius 2 is 1.93 bits per heavy atom. The quantitative estimate of drug-likeness (QED) is 0.589. The van der Waals surface area contributed by atoms with Gasteiger partial charge in [0.25, 0.3) is 0 Å². The van der Waals surface area contributed by atoms with Crippen LogP contribution in [0.5, 0.6) is 5.75 Å². The van der Waals surface area contributed by atoms with Crippen molar-refractivity contribution in [2.75, 3.05) is 38.7 Å². The summed E-state index contributed by atoms with van der Waals surface area (Å²) >= 11 is 0. The Labute approximate surface area is 168 Å². The highest BCUT2D eigenvalue weighted by Gasteiger charge is 2.14. The normalized spacial score (nSPS) is 14.2. The second-order valence-corrected chi connectivity index (χ2v) is 7.05. The molecule has 1 aliphatic heterocycles. The summed E-state index contributed by atoms with van der Waals surface area (Å²) in [6.45, 7) is 6.40. The number of aromatic nitrogens is 1. The molecule has 0 spiro atoms. The smallest absolute Gasteiger partial charge is 0.193 e. The van der Waals surface area contributed by atoms with Crippen LogP contribution in [0.2, 0.25) is 0 Å².